The van der Waals surface area contributed by atoms with Crippen LogP contribution in [-0.2, 0) is 0 Å². The number of hydrogen-bond donors (Lipinski definition) is 0. The molecule has 0 nitrogen and oxygen atoms in total. The third-order valence-electron chi connectivity index (χ3n) is 2.35. The van der Waals surface area contributed by atoms with Crippen LogP contribution in [0.25, 0.3) is 0 Å². The maximum atomic E-state index is 4.07. The van der Waals surface area contributed by atoms with Crippen LogP contribution in [0.4, 0.5) is 0 Å². The number of alkyl halides is 1. The molecule has 0 saturated heterocycles. The molecule has 3 atom stereocenters. The Bertz CT molecular complexity index is 191. The second-order valence-corrected chi connectivity index (χ2v) is 6.15. The maximum Gasteiger partial charge on any atom is 0.0149 e. The summed E-state index contributed by atoms with van der Waals surface area (Å²) < 4.78 is 0.657. The van der Waals surface area contributed by atoms with Crippen molar-refractivity contribution >= 4 is 22.6 Å². The Morgan fingerprint density at radius 3 is 1.92 bits per heavy atom. The molecule has 0 aromatic rings. The Morgan fingerprint density at radius 2 is 1.69 bits per heavy atom. The molecule has 0 aliphatic rings. The van der Waals surface area contributed by atoms with Crippen LogP contribution in [0.3, 0.4) is 0 Å². The van der Waals surface area contributed by atoms with Gasteiger partial charge in [-0.05, 0) is 32.1 Å². The fourth-order valence-corrected chi connectivity index (χ4v) is 3.33. The SMILES string of the molecule is C=C(C)CC(C)C(C(=C)C)C(C)I. The van der Waals surface area contributed by atoms with E-state index >= 15 is 0 Å². The van der Waals surface area contributed by atoms with Gasteiger partial charge in [-0.25, -0.2) is 0 Å². The highest BCUT2D eigenvalue weighted by molar-refractivity contribution is 14.1. The topological polar surface area (TPSA) is 0 Å². The normalized spacial score (nSPS) is 17.6. The molecule has 0 aliphatic heterocycles. The van der Waals surface area contributed by atoms with Gasteiger partial charge in [0.05, 0.1) is 0 Å². The van der Waals surface area contributed by atoms with E-state index in [1.54, 1.807) is 0 Å². The van der Waals surface area contributed by atoms with Crippen molar-refractivity contribution in [2.24, 2.45) is 11.8 Å². The van der Waals surface area contributed by atoms with Gasteiger partial charge in [-0.2, -0.15) is 0 Å². The molecular formula is C12H21I. The number of halogens is 1. The molecule has 13 heavy (non-hydrogen) atoms. The molecule has 0 radical (unpaired) electrons. The van der Waals surface area contributed by atoms with Crippen molar-refractivity contribution in [2.75, 3.05) is 0 Å². The van der Waals surface area contributed by atoms with E-state index in [0.29, 0.717) is 15.8 Å². The minimum absolute atomic E-state index is 0.622. The summed E-state index contributed by atoms with van der Waals surface area (Å²) in [5.41, 5.74) is 2.58. The smallest absolute Gasteiger partial charge is 0.0149 e. The predicted molar refractivity (Wildman–Crippen MR) is 70.4 cm³/mol. The molecule has 0 amide bonds. The zero-order chi connectivity index (χ0) is 10.6. The highest BCUT2D eigenvalue weighted by Crippen LogP contribution is 2.31. The van der Waals surface area contributed by atoms with Gasteiger partial charge in [0.25, 0.3) is 0 Å². The zero-order valence-electron chi connectivity index (χ0n) is 9.23. The van der Waals surface area contributed by atoms with E-state index in [1.807, 2.05) is 0 Å². The van der Waals surface area contributed by atoms with E-state index in [1.165, 1.54) is 11.1 Å². The van der Waals surface area contributed by atoms with Crippen LogP contribution in [0, 0.1) is 11.8 Å². The van der Waals surface area contributed by atoms with Gasteiger partial charge in [0.15, 0.2) is 0 Å². The van der Waals surface area contributed by atoms with Crippen molar-refractivity contribution in [3.63, 3.8) is 0 Å². The first-order valence-electron chi connectivity index (χ1n) is 4.80. The summed E-state index contributed by atoms with van der Waals surface area (Å²) in [7, 11) is 0. The minimum Gasteiger partial charge on any atom is -0.100 e. The lowest BCUT2D eigenvalue weighted by Gasteiger charge is -2.27. The van der Waals surface area contributed by atoms with Crippen LogP contribution in [0.5, 0.6) is 0 Å². The molecule has 0 saturated carbocycles. The van der Waals surface area contributed by atoms with Gasteiger partial charge in [-0.1, -0.05) is 54.2 Å². The lowest BCUT2D eigenvalue weighted by Crippen LogP contribution is -2.20. The molecular weight excluding hydrogens is 271 g/mol. The molecule has 0 bridgehead atoms. The molecule has 0 N–H and O–H groups in total. The molecule has 3 unspecified atom stereocenters. The van der Waals surface area contributed by atoms with E-state index in [2.05, 4.69) is 63.4 Å². The summed E-state index contributed by atoms with van der Waals surface area (Å²) in [6, 6.07) is 0. The quantitative estimate of drug-likeness (QED) is 0.394. The third kappa shape index (κ3) is 4.84. The van der Waals surface area contributed by atoms with Crippen LogP contribution in [0.15, 0.2) is 24.3 Å². The Kier molecular flexibility index (Phi) is 5.93. The molecule has 76 valence electrons. The number of hydrogen-bond acceptors (Lipinski definition) is 0. The molecule has 1 heteroatoms. The summed E-state index contributed by atoms with van der Waals surface area (Å²) >= 11 is 2.49. The van der Waals surface area contributed by atoms with Crippen molar-refractivity contribution < 1.29 is 0 Å². The summed E-state index contributed by atoms with van der Waals surface area (Å²) in [6.45, 7) is 16.8. The molecule has 0 heterocycles. The monoisotopic (exact) mass is 292 g/mol. The Balaban J connectivity index is 4.37. The van der Waals surface area contributed by atoms with Crippen molar-refractivity contribution in [1.82, 2.24) is 0 Å². The lowest BCUT2D eigenvalue weighted by atomic mass is 9.83. The van der Waals surface area contributed by atoms with Crippen LogP contribution in [0.1, 0.15) is 34.1 Å². The van der Waals surface area contributed by atoms with Crippen molar-refractivity contribution in [3.05, 3.63) is 24.3 Å². The first-order valence-corrected chi connectivity index (χ1v) is 6.04. The predicted octanol–water partition coefficient (Wildman–Crippen LogP) is 4.60. The van der Waals surface area contributed by atoms with Crippen LogP contribution >= 0.6 is 22.6 Å². The van der Waals surface area contributed by atoms with Crippen LogP contribution in [0.2, 0.25) is 0 Å². The van der Waals surface area contributed by atoms with Gasteiger partial charge < -0.3 is 0 Å². The highest BCUT2D eigenvalue weighted by Gasteiger charge is 2.22. The Morgan fingerprint density at radius 1 is 1.23 bits per heavy atom. The van der Waals surface area contributed by atoms with E-state index in [9.17, 15) is 0 Å². The fourth-order valence-electron chi connectivity index (χ4n) is 2.01. The van der Waals surface area contributed by atoms with E-state index < -0.39 is 0 Å². The van der Waals surface area contributed by atoms with Crippen molar-refractivity contribution in [3.8, 4) is 0 Å². The van der Waals surface area contributed by atoms with Gasteiger partial charge >= 0.3 is 0 Å². The largest absolute Gasteiger partial charge is 0.100 e. The average molecular weight is 292 g/mol. The van der Waals surface area contributed by atoms with Gasteiger partial charge in [0.2, 0.25) is 0 Å². The summed E-state index contributed by atoms with van der Waals surface area (Å²) in [5.74, 6) is 1.29. The second kappa shape index (κ2) is 5.84. The van der Waals surface area contributed by atoms with E-state index in [-0.39, 0.29) is 0 Å². The number of rotatable bonds is 5. The average Bonchev–Trinajstić information content (AvgIpc) is 1.81. The highest BCUT2D eigenvalue weighted by atomic mass is 127. The van der Waals surface area contributed by atoms with Crippen LogP contribution in [-0.4, -0.2) is 3.92 Å². The zero-order valence-corrected chi connectivity index (χ0v) is 11.4. The van der Waals surface area contributed by atoms with E-state index in [0.717, 1.165) is 6.42 Å². The van der Waals surface area contributed by atoms with E-state index in [4.69, 9.17) is 0 Å². The van der Waals surface area contributed by atoms with Crippen molar-refractivity contribution in [1.29, 1.82) is 0 Å². The van der Waals surface area contributed by atoms with Gasteiger partial charge in [-0.15, -0.1) is 6.58 Å². The number of allylic oxidation sites excluding steroid dienone is 2. The maximum absolute atomic E-state index is 4.07. The Hall–Kier alpha value is 0.210. The standard InChI is InChI=1S/C12H21I/c1-8(2)7-10(5)12(9(3)4)11(6)13/h10-12H,1,3,7H2,2,4-6H3. The first-order chi connectivity index (χ1) is 5.86. The molecule has 0 fully saturated rings. The van der Waals surface area contributed by atoms with Gasteiger partial charge in [-0.3, -0.25) is 0 Å². The molecule has 0 aliphatic carbocycles. The third-order valence-corrected chi connectivity index (χ3v) is 3.12. The molecule has 0 spiro atoms. The summed E-state index contributed by atoms with van der Waals surface area (Å²) in [6.07, 6.45) is 1.12. The summed E-state index contributed by atoms with van der Waals surface area (Å²) in [5, 5.41) is 0. The van der Waals surface area contributed by atoms with Gasteiger partial charge in [0, 0.05) is 3.92 Å². The first kappa shape index (κ1) is 13.2. The van der Waals surface area contributed by atoms with Crippen molar-refractivity contribution in [2.45, 2.75) is 38.0 Å². The second-order valence-electron chi connectivity index (χ2n) is 4.19. The molecule has 0 aromatic carbocycles. The lowest BCUT2D eigenvalue weighted by molar-refractivity contribution is 0.412. The fraction of sp³-hybridized carbons (Fsp3) is 0.667. The summed E-state index contributed by atoms with van der Waals surface area (Å²) in [4.78, 5) is 0. The Labute approximate surface area is 96.6 Å². The minimum atomic E-state index is 0.622. The molecule has 0 rings (SSSR count). The van der Waals surface area contributed by atoms with Gasteiger partial charge in [0.1, 0.15) is 0 Å². The van der Waals surface area contributed by atoms with Crippen LogP contribution < -0.4 is 0 Å². The molecule has 0 aromatic heterocycles.